The molecule has 0 heterocycles. The molecule has 2 N–H and O–H groups in total. The zero-order valence-corrected chi connectivity index (χ0v) is 12.6. The maximum Gasteiger partial charge on any atom is 0.252 e. The highest BCUT2D eigenvalue weighted by Crippen LogP contribution is 2.28. The lowest BCUT2D eigenvalue weighted by Gasteiger charge is -2.08. The molecule has 19 heavy (non-hydrogen) atoms. The summed E-state index contributed by atoms with van der Waals surface area (Å²) < 4.78 is 0.652. The number of amides is 2. The van der Waals surface area contributed by atoms with Crippen LogP contribution in [0.25, 0.3) is 0 Å². The molecule has 6 heteroatoms. The van der Waals surface area contributed by atoms with E-state index in [1.807, 2.05) is 0 Å². The zero-order chi connectivity index (χ0) is 13.8. The molecule has 1 aliphatic rings. The van der Waals surface area contributed by atoms with Gasteiger partial charge in [-0.3, -0.25) is 9.59 Å². The number of carbonyl (C=O) groups excluding carboxylic acids is 2. The lowest BCUT2D eigenvalue weighted by molar-refractivity contribution is -0.122. The molecule has 1 saturated carbocycles. The Morgan fingerprint density at radius 1 is 1.26 bits per heavy atom. The Balaban J connectivity index is 1.75. The number of nitrogens with one attached hydrogen (secondary N) is 2. The maximum atomic E-state index is 11.9. The highest BCUT2D eigenvalue weighted by atomic mass is 79.9. The number of benzene rings is 1. The van der Waals surface area contributed by atoms with Gasteiger partial charge in [0.05, 0.1) is 5.56 Å². The minimum Gasteiger partial charge on any atom is -0.354 e. The molecule has 102 valence electrons. The van der Waals surface area contributed by atoms with Gasteiger partial charge in [-0.15, -0.1) is 0 Å². The Morgan fingerprint density at radius 3 is 2.58 bits per heavy atom. The van der Waals surface area contributed by atoms with Gasteiger partial charge in [0.25, 0.3) is 5.91 Å². The van der Waals surface area contributed by atoms with Crippen molar-refractivity contribution in [3.8, 4) is 0 Å². The molecule has 0 aromatic heterocycles. The molecule has 0 saturated heterocycles. The van der Waals surface area contributed by atoms with Gasteiger partial charge in [0.1, 0.15) is 0 Å². The van der Waals surface area contributed by atoms with E-state index in [4.69, 9.17) is 11.6 Å². The standard InChI is InChI=1S/C13H14BrClN2O2/c14-11-7-9(15)3-4-10(11)13(19)17-6-5-16-12(18)8-1-2-8/h3-4,7-8H,1-2,5-6H2,(H,16,18)(H,17,19). The molecule has 0 unspecified atom stereocenters. The van der Waals surface area contributed by atoms with E-state index in [-0.39, 0.29) is 17.7 Å². The molecule has 2 rings (SSSR count). The normalized spacial score (nSPS) is 14.0. The van der Waals surface area contributed by atoms with E-state index >= 15 is 0 Å². The Morgan fingerprint density at radius 2 is 1.95 bits per heavy atom. The SMILES string of the molecule is O=C(NCCNC(=O)C1CC1)c1ccc(Cl)cc1Br. The van der Waals surface area contributed by atoms with Gasteiger partial charge in [0.2, 0.25) is 5.91 Å². The van der Waals surface area contributed by atoms with E-state index in [0.29, 0.717) is 28.1 Å². The van der Waals surface area contributed by atoms with Crippen molar-refractivity contribution in [2.24, 2.45) is 5.92 Å². The van der Waals surface area contributed by atoms with Crippen LogP contribution in [0.4, 0.5) is 0 Å². The first-order valence-corrected chi connectivity index (χ1v) is 7.26. The predicted octanol–water partition coefficient (Wildman–Crippen LogP) is 2.36. The summed E-state index contributed by atoms with van der Waals surface area (Å²) in [6, 6.07) is 4.99. The van der Waals surface area contributed by atoms with Crippen LogP contribution in [0.15, 0.2) is 22.7 Å². The Labute approximate surface area is 125 Å². The van der Waals surface area contributed by atoms with Gasteiger partial charge in [-0.1, -0.05) is 11.6 Å². The fourth-order valence-electron chi connectivity index (χ4n) is 1.62. The molecular weight excluding hydrogens is 332 g/mol. The van der Waals surface area contributed by atoms with E-state index < -0.39 is 0 Å². The van der Waals surface area contributed by atoms with Crippen molar-refractivity contribution in [3.05, 3.63) is 33.3 Å². The molecule has 1 aromatic carbocycles. The summed E-state index contributed by atoms with van der Waals surface area (Å²) in [5, 5.41) is 6.11. The van der Waals surface area contributed by atoms with E-state index in [0.717, 1.165) is 12.8 Å². The summed E-state index contributed by atoms with van der Waals surface area (Å²) in [6.07, 6.45) is 1.96. The number of halogens is 2. The molecule has 0 radical (unpaired) electrons. The van der Waals surface area contributed by atoms with Gasteiger partial charge in [-0.05, 0) is 47.0 Å². The van der Waals surface area contributed by atoms with E-state index in [1.54, 1.807) is 18.2 Å². The summed E-state index contributed by atoms with van der Waals surface area (Å²) in [5.41, 5.74) is 0.526. The minimum atomic E-state index is -0.191. The number of hydrogen-bond donors (Lipinski definition) is 2. The van der Waals surface area contributed by atoms with Crippen molar-refractivity contribution < 1.29 is 9.59 Å². The van der Waals surface area contributed by atoms with Gasteiger partial charge in [-0.25, -0.2) is 0 Å². The highest BCUT2D eigenvalue weighted by molar-refractivity contribution is 9.10. The Hall–Kier alpha value is -1.07. The summed E-state index contributed by atoms with van der Waals surface area (Å²) in [5.74, 6) is 0.0900. The molecule has 4 nitrogen and oxygen atoms in total. The quantitative estimate of drug-likeness (QED) is 0.805. The third-order valence-corrected chi connectivity index (χ3v) is 3.72. The first-order chi connectivity index (χ1) is 9.08. The minimum absolute atomic E-state index is 0.0851. The van der Waals surface area contributed by atoms with Crippen LogP contribution in [0.1, 0.15) is 23.2 Å². The van der Waals surface area contributed by atoms with Gasteiger partial charge in [0.15, 0.2) is 0 Å². The van der Waals surface area contributed by atoms with E-state index in [9.17, 15) is 9.59 Å². The monoisotopic (exact) mass is 344 g/mol. The fourth-order valence-corrected chi connectivity index (χ4v) is 2.48. The summed E-state index contributed by atoms with van der Waals surface area (Å²) in [4.78, 5) is 23.2. The zero-order valence-electron chi connectivity index (χ0n) is 10.2. The highest BCUT2D eigenvalue weighted by Gasteiger charge is 2.28. The van der Waals surface area contributed by atoms with Crippen LogP contribution in [0.5, 0.6) is 0 Å². The third kappa shape index (κ3) is 4.21. The summed E-state index contributed by atoms with van der Waals surface area (Å²) >= 11 is 9.10. The van der Waals surface area contributed by atoms with Crippen molar-refractivity contribution in [1.29, 1.82) is 0 Å². The van der Waals surface area contributed by atoms with Crippen LogP contribution < -0.4 is 10.6 Å². The summed E-state index contributed by atoms with van der Waals surface area (Å²) in [6.45, 7) is 0.860. The van der Waals surface area contributed by atoms with Crippen molar-refractivity contribution in [2.45, 2.75) is 12.8 Å². The number of rotatable bonds is 5. The predicted molar refractivity (Wildman–Crippen MR) is 77.2 cm³/mol. The van der Waals surface area contributed by atoms with Crippen molar-refractivity contribution in [3.63, 3.8) is 0 Å². The van der Waals surface area contributed by atoms with Crippen molar-refractivity contribution in [2.75, 3.05) is 13.1 Å². The van der Waals surface area contributed by atoms with E-state index in [2.05, 4.69) is 26.6 Å². The van der Waals surface area contributed by atoms with E-state index in [1.165, 1.54) is 0 Å². The molecule has 1 aromatic rings. The van der Waals surface area contributed by atoms with Gasteiger partial charge >= 0.3 is 0 Å². The first kappa shape index (κ1) is 14.3. The molecule has 0 aliphatic heterocycles. The molecule has 1 aliphatic carbocycles. The fraction of sp³-hybridized carbons (Fsp3) is 0.385. The maximum absolute atomic E-state index is 11.9. The average molecular weight is 346 g/mol. The van der Waals surface area contributed by atoms with Crippen LogP contribution in [-0.2, 0) is 4.79 Å². The van der Waals surface area contributed by atoms with Gasteiger partial charge in [-0.2, -0.15) is 0 Å². The summed E-state index contributed by atoms with van der Waals surface area (Å²) in [7, 11) is 0. The molecule has 0 atom stereocenters. The van der Waals surface area contributed by atoms with Crippen LogP contribution in [-0.4, -0.2) is 24.9 Å². The lowest BCUT2D eigenvalue weighted by atomic mass is 10.2. The molecule has 0 spiro atoms. The Kier molecular flexibility index (Phi) is 4.82. The molecule has 0 bridgehead atoms. The topological polar surface area (TPSA) is 58.2 Å². The molecule has 2 amide bonds. The van der Waals surface area contributed by atoms with Crippen molar-refractivity contribution >= 4 is 39.3 Å². The second-order valence-electron chi connectivity index (χ2n) is 4.45. The second kappa shape index (κ2) is 6.39. The number of carbonyl (C=O) groups is 2. The Bertz CT molecular complexity index is 503. The third-order valence-electron chi connectivity index (χ3n) is 2.83. The molecule has 1 fully saturated rings. The smallest absolute Gasteiger partial charge is 0.252 e. The number of hydrogen-bond acceptors (Lipinski definition) is 2. The van der Waals surface area contributed by atoms with Gasteiger partial charge < -0.3 is 10.6 Å². The van der Waals surface area contributed by atoms with Gasteiger partial charge in [0, 0.05) is 28.5 Å². The van der Waals surface area contributed by atoms with Crippen molar-refractivity contribution in [1.82, 2.24) is 10.6 Å². The van der Waals surface area contributed by atoms with Crippen LogP contribution >= 0.6 is 27.5 Å². The molecular formula is C13H14BrClN2O2. The first-order valence-electron chi connectivity index (χ1n) is 6.09. The average Bonchev–Trinajstić information content (AvgIpc) is 3.18. The van der Waals surface area contributed by atoms with Crippen LogP contribution in [0, 0.1) is 5.92 Å². The van der Waals surface area contributed by atoms with Crippen LogP contribution in [0.2, 0.25) is 5.02 Å². The largest absolute Gasteiger partial charge is 0.354 e. The lowest BCUT2D eigenvalue weighted by Crippen LogP contribution is -2.35. The second-order valence-corrected chi connectivity index (χ2v) is 5.74. The van der Waals surface area contributed by atoms with Crippen LogP contribution in [0.3, 0.4) is 0 Å².